The third-order valence-electron chi connectivity index (χ3n) is 12.3. The van der Waals surface area contributed by atoms with E-state index in [1.807, 2.05) is 30.3 Å². The largest absolute Gasteiger partial charge is 0.461 e. The lowest BCUT2D eigenvalue weighted by Gasteiger charge is -2.39. The van der Waals surface area contributed by atoms with Crippen molar-refractivity contribution in [2.24, 2.45) is 0 Å². The van der Waals surface area contributed by atoms with E-state index < -0.39 is 37.3 Å². The average Bonchev–Trinajstić information content (AvgIpc) is 3.25. The number of rotatable bonds is 26. The third-order valence-corrected chi connectivity index (χ3v) is 12.3. The fourth-order valence-electron chi connectivity index (χ4n) is 8.51. The SMILES string of the molecule is O=C(CCCCCCCCCCCN1CCCN(C(=O)CCCCCCCCCO[C@@H]2OC(CO)[C@@H](O)[C@H](O)C2O)CCN2CCCN(CC1)C2)OCc1ccccc1. The van der Waals surface area contributed by atoms with E-state index >= 15 is 0 Å². The molecule has 0 radical (unpaired) electrons. The van der Waals surface area contributed by atoms with Crippen LogP contribution >= 0.6 is 0 Å². The number of carbonyl (C=O) groups excluding carboxylic acids is 2. The number of aliphatic hydroxyl groups is 4. The van der Waals surface area contributed by atoms with Gasteiger partial charge < -0.3 is 44.4 Å². The predicted molar refractivity (Wildman–Crippen MR) is 229 cm³/mol. The summed E-state index contributed by atoms with van der Waals surface area (Å²) < 4.78 is 16.4. The Morgan fingerprint density at radius 2 is 1.22 bits per heavy atom. The van der Waals surface area contributed by atoms with Gasteiger partial charge in [-0.2, -0.15) is 0 Å². The lowest BCUT2D eigenvalue weighted by Crippen LogP contribution is -2.59. The molecular weight excluding hydrogens is 753 g/mol. The van der Waals surface area contributed by atoms with Crippen molar-refractivity contribution in [2.45, 2.75) is 166 Å². The average molecular weight is 833 g/mol. The minimum Gasteiger partial charge on any atom is -0.461 e. The summed E-state index contributed by atoms with van der Waals surface area (Å²) in [5.41, 5.74) is 1.03. The Balaban J connectivity index is 1.02. The van der Waals surface area contributed by atoms with Crippen LogP contribution in [0.25, 0.3) is 0 Å². The van der Waals surface area contributed by atoms with Crippen LogP contribution in [0.1, 0.15) is 134 Å². The molecule has 0 saturated carbocycles. The molecular formula is C46H80N4O9. The normalized spacial score (nSPS) is 25.9. The summed E-state index contributed by atoms with van der Waals surface area (Å²) in [5.74, 6) is 0.206. The number of ether oxygens (including phenoxy) is 3. The molecule has 13 nitrogen and oxygen atoms in total. The topological polar surface area (TPSA) is 156 Å². The number of esters is 1. The highest BCUT2D eigenvalue weighted by atomic mass is 16.7. The van der Waals surface area contributed by atoms with Crippen molar-refractivity contribution in [1.82, 2.24) is 19.6 Å². The van der Waals surface area contributed by atoms with Gasteiger partial charge in [0.05, 0.1) is 13.3 Å². The van der Waals surface area contributed by atoms with Crippen molar-refractivity contribution < 1.29 is 44.2 Å². The van der Waals surface area contributed by atoms with Gasteiger partial charge in [-0.1, -0.05) is 107 Å². The highest BCUT2D eigenvalue weighted by Gasteiger charge is 2.43. The molecule has 7 atom stereocenters. The van der Waals surface area contributed by atoms with Crippen molar-refractivity contribution >= 4 is 11.9 Å². The smallest absolute Gasteiger partial charge is 0.306 e. The summed E-state index contributed by atoms with van der Waals surface area (Å²) >= 11 is 0. The van der Waals surface area contributed by atoms with Crippen LogP contribution in [-0.4, -0.2) is 161 Å². The molecule has 3 heterocycles. The molecule has 338 valence electrons. The molecule has 13 heteroatoms. The molecule has 3 fully saturated rings. The Hall–Kier alpha value is -2.20. The first-order valence-corrected chi connectivity index (χ1v) is 23.4. The van der Waals surface area contributed by atoms with Crippen molar-refractivity contribution in [3.8, 4) is 0 Å². The first-order valence-electron chi connectivity index (χ1n) is 23.4. The first-order chi connectivity index (χ1) is 28.8. The van der Waals surface area contributed by atoms with E-state index in [2.05, 4.69) is 19.6 Å². The van der Waals surface area contributed by atoms with Gasteiger partial charge in [-0.15, -0.1) is 0 Å². The molecule has 3 aliphatic rings. The van der Waals surface area contributed by atoms with Crippen LogP contribution in [0.2, 0.25) is 0 Å². The minimum absolute atomic E-state index is 0.0938. The van der Waals surface area contributed by atoms with Crippen LogP contribution in [0.4, 0.5) is 0 Å². The highest BCUT2D eigenvalue weighted by Crippen LogP contribution is 2.22. The van der Waals surface area contributed by atoms with E-state index in [-0.39, 0.29) is 5.97 Å². The van der Waals surface area contributed by atoms with E-state index in [1.165, 1.54) is 57.9 Å². The van der Waals surface area contributed by atoms with Crippen LogP contribution in [-0.2, 0) is 30.4 Å². The van der Waals surface area contributed by atoms with Gasteiger partial charge in [0.2, 0.25) is 5.91 Å². The van der Waals surface area contributed by atoms with Gasteiger partial charge in [-0.3, -0.25) is 19.4 Å². The molecule has 2 bridgehead atoms. The number of benzene rings is 1. The van der Waals surface area contributed by atoms with Crippen molar-refractivity contribution in [1.29, 1.82) is 0 Å². The lowest BCUT2D eigenvalue weighted by molar-refractivity contribution is -0.301. The highest BCUT2D eigenvalue weighted by molar-refractivity contribution is 5.76. The number of hydrogen-bond acceptors (Lipinski definition) is 12. The molecule has 4 N–H and O–H groups in total. The summed E-state index contributed by atoms with van der Waals surface area (Å²) in [6, 6.07) is 9.85. The molecule has 4 rings (SSSR count). The summed E-state index contributed by atoms with van der Waals surface area (Å²) in [5, 5.41) is 39.3. The number of fused-ring (bicyclic) bond motifs is 2. The van der Waals surface area contributed by atoms with Crippen molar-refractivity contribution in [3.05, 3.63) is 35.9 Å². The molecule has 59 heavy (non-hydrogen) atoms. The van der Waals surface area contributed by atoms with Gasteiger partial charge in [0.1, 0.15) is 31.0 Å². The molecule has 3 aliphatic heterocycles. The number of nitrogens with zero attached hydrogens (tertiary/aromatic N) is 4. The monoisotopic (exact) mass is 833 g/mol. The second kappa shape index (κ2) is 29.9. The number of amides is 1. The van der Waals surface area contributed by atoms with E-state index in [1.54, 1.807) is 0 Å². The zero-order valence-electron chi connectivity index (χ0n) is 36.2. The Bertz CT molecular complexity index is 1250. The van der Waals surface area contributed by atoms with Gasteiger partial charge >= 0.3 is 5.97 Å². The second-order valence-corrected chi connectivity index (χ2v) is 17.2. The standard InChI is InChI=1S/C46H80N4O9/c51-36-40-43(54)44(55)45(56)46(59-40)57-35-19-12-8-4-5-9-16-24-41(52)50-30-21-27-47(31-32-48-28-20-29-49(38-48)33-34-50)26-18-11-7-3-1-2-6-10-17-25-42(53)58-37-39-22-14-13-15-23-39/h13-15,22-23,40,43-46,51,54-56H,1-12,16-21,24-38H2/t40?,43-,44+,45?,46-/m1/s1. The van der Waals surface area contributed by atoms with E-state index in [0.717, 1.165) is 129 Å². The maximum atomic E-state index is 13.5. The summed E-state index contributed by atoms with van der Waals surface area (Å²) in [4.78, 5) is 35.4. The van der Waals surface area contributed by atoms with Crippen molar-refractivity contribution in [3.63, 3.8) is 0 Å². The van der Waals surface area contributed by atoms with Gasteiger partial charge in [0, 0.05) is 65.3 Å². The quantitative estimate of drug-likeness (QED) is 0.0728. The maximum absolute atomic E-state index is 13.5. The Labute approximate surface area is 355 Å². The zero-order valence-corrected chi connectivity index (χ0v) is 36.2. The summed E-state index contributed by atoms with van der Waals surface area (Å²) in [6.07, 6.45) is 14.9. The molecule has 1 amide bonds. The predicted octanol–water partition coefficient (Wildman–Crippen LogP) is 5.07. The Morgan fingerprint density at radius 1 is 0.627 bits per heavy atom. The van der Waals surface area contributed by atoms with E-state index in [4.69, 9.17) is 14.2 Å². The molecule has 0 aliphatic carbocycles. The molecule has 4 unspecified atom stereocenters. The molecule has 1 aromatic rings. The Morgan fingerprint density at radius 3 is 1.90 bits per heavy atom. The van der Waals surface area contributed by atoms with Crippen LogP contribution in [0.3, 0.4) is 0 Å². The fourth-order valence-corrected chi connectivity index (χ4v) is 8.51. The lowest BCUT2D eigenvalue weighted by atomic mass is 9.99. The van der Waals surface area contributed by atoms with Crippen LogP contribution in [0, 0.1) is 0 Å². The second-order valence-electron chi connectivity index (χ2n) is 17.2. The number of unbranched alkanes of at least 4 members (excludes halogenated alkanes) is 14. The van der Waals surface area contributed by atoms with Crippen molar-refractivity contribution in [2.75, 3.05) is 78.8 Å². The number of aliphatic hydroxyl groups excluding tert-OH is 4. The molecule has 0 spiro atoms. The van der Waals surface area contributed by atoms with Gasteiger partial charge in [-0.05, 0) is 57.2 Å². The summed E-state index contributed by atoms with van der Waals surface area (Å²) in [7, 11) is 0. The molecule has 1 aromatic carbocycles. The zero-order chi connectivity index (χ0) is 41.9. The fraction of sp³-hybridized carbons (Fsp3) is 0.826. The van der Waals surface area contributed by atoms with Crippen LogP contribution in [0.15, 0.2) is 30.3 Å². The van der Waals surface area contributed by atoms with E-state index in [0.29, 0.717) is 32.0 Å². The van der Waals surface area contributed by atoms with Crippen LogP contribution in [0.5, 0.6) is 0 Å². The van der Waals surface area contributed by atoms with Gasteiger partial charge in [0.15, 0.2) is 6.29 Å². The number of carbonyl (C=O) groups is 2. The van der Waals surface area contributed by atoms with Crippen LogP contribution < -0.4 is 0 Å². The number of hydrogen-bond donors (Lipinski definition) is 4. The van der Waals surface area contributed by atoms with Gasteiger partial charge in [0.25, 0.3) is 0 Å². The maximum Gasteiger partial charge on any atom is 0.306 e. The molecule has 0 aromatic heterocycles. The molecule has 3 saturated heterocycles. The van der Waals surface area contributed by atoms with Gasteiger partial charge in [-0.25, -0.2) is 0 Å². The van der Waals surface area contributed by atoms with E-state index in [9.17, 15) is 30.0 Å². The Kier molecular flexibility index (Phi) is 25.1. The third kappa shape index (κ3) is 20.0. The summed E-state index contributed by atoms with van der Waals surface area (Å²) in [6.45, 7) is 10.6. The minimum atomic E-state index is -1.42. The first kappa shape index (κ1) is 49.5.